The van der Waals surface area contributed by atoms with E-state index in [2.05, 4.69) is 56.0 Å². The molecule has 1 N–H and O–H groups in total. The fourth-order valence-corrected chi connectivity index (χ4v) is 1.46. The number of rotatable bonds is 5. The average Bonchev–Trinajstić information content (AvgIpc) is 2.28. The molecule has 1 heterocycles. The summed E-state index contributed by atoms with van der Waals surface area (Å²) in [5, 5.41) is 3.27. The lowest BCUT2D eigenvalue weighted by atomic mass is 10.1. The van der Waals surface area contributed by atoms with E-state index in [0.717, 1.165) is 30.3 Å². The van der Waals surface area contributed by atoms with Gasteiger partial charge in [-0.05, 0) is 19.3 Å². The Kier molecular flexibility index (Phi) is 4.71. The van der Waals surface area contributed by atoms with Crippen molar-refractivity contribution < 1.29 is 0 Å². The maximum absolute atomic E-state index is 4.63. The second-order valence-corrected chi connectivity index (χ2v) is 4.53. The fraction of sp³-hybridized carbons (Fsp3) is 0.692. The molecule has 0 aliphatic rings. The van der Waals surface area contributed by atoms with Crippen molar-refractivity contribution in [3.05, 3.63) is 17.6 Å². The molecule has 3 heteroatoms. The van der Waals surface area contributed by atoms with Crippen LogP contribution in [0.4, 0.5) is 5.82 Å². The second-order valence-electron chi connectivity index (χ2n) is 4.53. The molecule has 3 nitrogen and oxygen atoms in total. The number of anilines is 1. The van der Waals surface area contributed by atoms with Crippen LogP contribution in [0, 0.1) is 0 Å². The van der Waals surface area contributed by atoms with E-state index in [4.69, 9.17) is 0 Å². The molecule has 0 aromatic carbocycles. The summed E-state index contributed by atoms with van der Waals surface area (Å²) in [7, 11) is 0. The summed E-state index contributed by atoms with van der Waals surface area (Å²) in [5.74, 6) is 2.79. The van der Waals surface area contributed by atoms with Crippen molar-refractivity contribution >= 4 is 5.82 Å². The molecule has 0 amide bonds. The Morgan fingerprint density at radius 2 is 1.88 bits per heavy atom. The summed E-state index contributed by atoms with van der Waals surface area (Å²) < 4.78 is 0. The van der Waals surface area contributed by atoms with Gasteiger partial charge in [0.1, 0.15) is 11.6 Å². The molecule has 0 fully saturated rings. The molecule has 1 rings (SSSR count). The van der Waals surface area contributed by atoms with Gasteiger partial charge in [0, 0.05) is 24.2 Å². The van der Waals surface area contributed by atoms with Gasteiger partial charge < -0.3 is 5.32 Å². The van der Waals surface area contributed by atoms with E-state index in [-0.39, 0.29) is 0 Å². The molecular weight excluding hydrogens is 198 g/mol. The molecule has 0 aliphatic heterocycles. The first-order valence-electron chi connectivity index (χ1n) is 6.21. The molecule has 0 saturated carbocycles. The number of hydrogen-bond acceptors (Lipinski definition) is 3. The molecular formula is C13H23N3. The van der Waals surface area contributed by atoms with Crippen molar-refractivity contribution in [1.82, 2.24) is 9.97 Å². The maximum Gasteiger partial charge on any atom is 0.133 e. The molecule has 0 spiro atoms. The Balaban J connectivity index is 3.08. The number of hydrogen-bond donors (Lipinski definition) is 1. The molecule has 0 aliphatic carbocycles. The zero-order valence-electron chi connectivity index (χ0n) is 11.0. The van der Waals surface area contributed by atoms with Gasteiger partial charge in [-0.3, -0.25) is 0 Å². The van der Waals surface area contributed by atoms with Gasteiger partial charge in [-0.15, -0.1) is 0 Å². The highest BCUT2D eigenvalue weighted by molar-refractivity contribution is 5.37. The highest BCUT2D eigenvalue weighted by atomic mass is 15.0. The minimum absolute atomic E-state index is 0.427. The molecule has 0 saturated heterocycles. The van der Waals surface area contributed by atoms with Crippen LogP contribution in [0.5, 0.6) is 0 Å². The highest BCUT2D eigenvalue weighted by Crippen LogP contribution is 2.21. The van der Waals surface area contributed by atoms with E-state index in [0.29, 0.717) is 11.8 Å². The molecule has 0 radical (unpaired) electrons. The summed E-state index contributed by atoms with van der Waals surface area (Å²) in [5.41, 5.74) is 1.13. The van der Waals surface area contributed by atoms with Crippen molar-refractivity contribution in [1.29, 1.82) is 0 Å². The Morgan fingerprint density at radius 3 is 2.38 bits per heavy atom. The smallest absolute Gasteiger partial charge is 0.133 e. The number of nitrogens with one attached hydrogen (secondary N) is 1. The highest BCUT2D eigenvalue weighted by Gasteiger charge is 2.11. The first-order chi connectivity index (χ1) is 7.58. The van der Waals surface area contributed by atoms with Gasteiger partial charge in [0.25, 0.3) is 0 Å². The predicted octanol–water partition coefficient (Wildman–Crippen LogP) is 3.55. The predicted molar refractivity (Wildman–Crippen MR) is 69.0 cm³/mol. The van der Waals surface area contributed by atoms with Gasteiger partial charge in [0.15, 0.2) is 0 Å². The SMILES string of the molecule is CCNc1cc(C(C)C)nc(C(C)CC)n1. The van der Waals surface area contributed by atoms with Gasteiger partial charge in [-0.1, -0.05) is 27.7 Å². The largest absolute Gasteiger partial charge is 0.370 e. The van der Waals surface area contributed by atoms with E-state index in [1.165, 1.54) is 0 Å². The number of aromatic nitrogens is 2. The standard InChI is InChI=1S/C13H23N3/c1-6-10(5)13-15-11(9(3)4)8-12(16-13)14-7-2/h8-10H,6-7H2,1-5H3,(H,14,15,16). The van der Waals surface area contributed by atoms with Crippen LogP contribution in [-0.2, 0) is 0 Å². The van der Waals surface area contributed by atoms with E-state index >= 15 is 0 Å². The van der Waals surface area contributed by atoms with Crippen molar-refractivity contribution in [2.45, 2.75) is 52.9 Å². The first kappa shape index (κ1) is 12.9. The summed E-state index contributed by atoms with van der Waals surface area (Å²) >= 11 is 0. The van der Waals surface area contributed by atoms with Crippen LogP contribution < -0.4 is 5.32 Å². The molecule has 16 heavy (non-hydrogen) atoms. The monoisotopic (exact) mass is 221 g/mol. The third kappa shape index (κ3) is 3.19. The van der Waals surface area contributed by atoms with Crippen molar-refractivity contribution in [3.63, 3.8) is 0 Å². The summed E-state index contributed by atoms with van der Waals surface area (Å²) in [6.07, 6.45) is 1.08. The normalized spacial score (nSPS) is 12.9. The zero-order chi connectivity index (χ0) is 12.1. The van der Waals surface area contributed by atoms with Gasteiger partial charge in [0.05, 0.1) is 0 Å². The van der Waals surface area contributed by atoms with E-state index in [9.17, 15) is 0 Å². The van der Waals surface area contributed by atoms with Crippen LogP contribution in [0.2, 0.25) is 0 Å². The van der Waals surface area contributed by atoms with Crippen LogP contribution in [0.25, 0.3) is 0 Å². The number of nitrogens with zero attached hydrogens (tertiary/aromatic N) is 2. The van der Waals surface area contributed by atoms with E-state index < -0.39 is 0 Å². The van der Waals surface area contributed by atoms with E-state index in [1.807, 2.05) is 0 Å². The quantitative estimate of drug-likeness (QED) is 0.826. The van der Waals surface area contributed by atoms with Crippen molar-refractivity contribution in [2.75, 3.05) is 11.9 Å². The molecule has 1 aromatic heterocycles. The van der Waals surface area contributed by atoms with Crippen LogP contribution in [0.1, 0.15) is 64.4 Å². The summed E-state index contributed by atoms with van der Waals surface area (Å²) in [6.45, 7) is 11.7. The topological polar surface area (TPSA) is 37.8 Å². The molecule has 90 valence electrons. The minimum atomic E-state index is 0.427. The Labute approximate surface area is 98.7 Å². The Morgan fingerprint density at radius 1 is 1.19 bits per heavy atom. The first-order valence-corrected chi connectivity index (χ1v) is 6.21. The summed E-state index contributed by atoms with van der Waals surface area (Å²) in [4.78, 5) is 9.19. The molecule has 1 unspecified atom stereocenters. The lowest BCUT2D eigenvalue weighted by Crippen LogP contribution is -2.08. The van der Waals surface area contributed by atoms with Crippen LogP contribution in [-0.4, -0.2) is 16.5 Å². The second kappa shape index (κ2) is 5.83. The van der Waals surface area contributed by atoms with Gasteiger partial charge in [-0.2, -0.15) is 0 Å². The Hall–Kier alpha value is -1.12. The zero-order valence-corrected chi connectivity index (χ0v) is 11.0. The fourth-order valence-electron chi connectivity index (χ4n) is 1.46. The van der Waals surface area contributed by atoms with Crippen LogP contribution in [0.3, 0.4) is 0 Å². The van der Waals surface area contributed by atoms with Crippen molar-refractivity contribution in [2.24, 2.45) is 0 Å². The van der Waals surface area contributed by atoms with Crippen LogP contribution >= 0.6 is 0 Å². The third-order valence-corrected chi connectivity index (χ3v) is 2.77. The maximum atomic E-state index is 4.63. The van der Waals surface area contributed by atoms with E-state index in [1.54, 1.807) is 0 Å². The summed E-state index contributed by atoms with van der Waals surface area (Å²) in [6, 6.07) is 2.06. The van der Waals surface area contributed by atoms with Gasteiger partial charge in [0.2, 0.25) is 0 Å². The van der Waals surface area contributed by atoms with Gasteiger partial charge >= 0.3 is 0 Å². The third-order valence-electron chi connectivity index (χ3n) is 2.77. The molecule has 0 bridgehead atoms. The minimum Gasteiger partial charge on any atom is -0.370 e. The molecule has 1 aromatic rings. The lowest BCUT2D eigenvalue weighted by molar-refractivity contribution is 0.663. The average molecular weight is 221 g/mol. The van der Waals surface area contributed by atoms with Crippen LogP contribution in [0.15, 0.2) is 6.07 Å². The van der Waals surface area contributed by atoms with Crippen molar-refractivity contribution in [3.8, 4) is 0 Å². The Bertz CT molecular complexity index is 334. The molecule has 1 atom stereocenters. The lowest BCUT2D eigenvalue weighted by Gasteiger charge is -2.13. The van der Waals surface area contributed by atoms with Gasteiger partial charge in [-0.25, -0.2) is 9.97 Å².